The van der Waals surface area contributed by atoms with E-state index in [0.29, 0.717) is 17.7 Å². The standard InChI is InChI=1S/C13H23NO2/c15-8-6-12-5-7-14(10-12)13(16)9-11-3-1-2-4-11/h11-12,15H,1-10H2. The molecule has 0 aromatic carbocycles. The molecule has 0 bridgehead atoms. The Morgan fingerprint density at radius 2 is 1.94 bits per heavy atom. The molecule has 2 fully saturated rings. The van der Waals surface area contributed by atoms with Crippen LogP contribution in [0.1, 0.15) is 44.9 Å². The third-order valence-electron chi connectivity index (χ3n) is 4.11. The van der Waals surface area contributed by atoms with Crippen LogP contribution in [-0.4, -0.2) is 35.6 Å². The third-order valence-corrected chi connectivity index (χ3v) is 4.11. The van der Waals surface area contributed by atoms with Crippen LogP contribution in [0, 0.1) is 11.8 Å². The van der Waals surface area contributed by atoms with E-state index in [4.69, 9.17) is 5.11 Å². The van der Waals surface area contributed by atoms with E-state index in [1.807, 2.05) is 4.90 Å². The lowest BCUT2D eigenvalue weighted by molar-refractivity contribution is -0.131. The summed E-state index contributed by atoms with van der Waals surface area (Å²) in [6.07, 6.45) is 7.82. The fraction of sp³-hybridized carbons (Fsp3) is 0.923. The molecular formula is C13H23NO2. The molecule has 1 saturated carbocycles. The van der Waals surface area contributed by atoms with Crippen molar-refractivity contribution in [3.8, 4) is 0 Å². The first-order valence-electron chi connectivity index (χ1n) is 6.68. The lowest BCUT2D eigenvalue weighted by atomic mass is 10.0. The van der Waals surface area contributed by atoms with Crippen molar-refractivity contribution in [3.05, 3.63) is 0 Å². The van der Waals surface area contributed by atoms with Crippen molar-refractivity contribution in [3.63, 3.8) is 0 Å². The zero-order valence-electron chi connectivity index (χ0n) is 10.0. The molecule has 1 atom stereocenters. The molecule has 0 aromatic heterocycles. The summed E-state index contributed by atoms with van der Waals surface area (Å²) in [7, 11) is 0. The van der Waals surface area contributed by atoms with Crippen LogP contribution in [0.3, 0.4) is 0 Å². The Kier molecular flexibility index (Phi) is 4.22. The van der Waals surface area contributed by atoms with Crippen molar-refractivity contribution in [2.75, 3.05) is 19.7 Å². The highest BCUT2D eigenvalue weighted by molar-refractivity contribution is 5.76. The first-order chi connectivity index (χ1) is 7.79. The molecule has 1 amide bonds. The van der Waals surface area contributed by atoms with Crippen LogP contribution in [0.5, 0.6) is 0 Å². The number of aliphatic hydroxyl groups excluding tert-OH is 1. The van der Waals surface area contributed by atoms with Crippen molar-refractivity contribution in [2.45, 2.75) is 44.9 Å². The highest BCUT2D eigenvalue weighted by Crippen LogP contribution is 2.29. The number of aliphatic hydroxyl groups is 1. The van der Waals surface area contributed by atoms with Gasteiger partial charge in [0.1, 0.15) is 0 Å². The summed E-state index contributed by atoms with van der Waals surface area (Å²) >= 11 is 0. The number of likely N-dealkylation sites (tertiary alicyclic amines) is 1. The van der Waals surface area contributed by atoms with E-state index in [1.165, 1.54) is 25.7 Å². The summed E-state index contributed by atoms with van der Waals surface area (Å²) in [5, 5.41) is 8.88. The van der Waals surface area contributed by atoms with Crippen LogP contribution in [0.4, 0.5) is 0 Å². The number of hydrogen-bond donors (Lipinski definition) is 1. The lowest BCUT2D eigenvalue weighted by Gasteiger charge is -2.18. The summed E-state index contributed by atoms with van der Waals surface area (Å²) < 4.78 is 0. The maximum Gasteiger partial charge on any atom is 0.222 e. The Morgan fingerprint density at radius 1 is 1.19 bits per heavy atom. The quantitative estimate of drug-likeness (QED) is 0.792. The fourth-order valence-corrected chi connectivity index (χ4v) is 3.07. The molecular weight excluding hydrogens is 202 g/mol. The molecule has 0 aromatic rings. The van der Waals surface area contributed by atoms with Gasteiger partial charge in [0, 0.05) is 26.1 Å². The zero-order valence-corrected chi connectivity index (χ0v) is 10.0. The first-order valence-corrected chi connectivity index (χ1v) is 6.68. The van der Waals surface area contributed by atoms with Crippen molar-refractivity contribution in [2.24, 2.45) is 11.8 Å². The SMILES string of the molecule is O=C(CC1CCCC1)N1CCC(CCO)C1. The second kappa shape index (κ2) is 5.67. The minimum Gasteiger partial charge on any atom is -0.396 e. The van der Waals surface area contributed by atoms with E-state index in [1.54, 1.807) is 0 Å². The van der Waals surface area contributed by atoms with E-state index in [0.717, 1.165) is 32.4 Å². The third kappa shape index (κ3) is 2.97. The van der Waals surface area contributed by atoms with Crippen LogP contribution in [0.2, 0.25) is 0 Å². The molecule has 92 valence electrons. The van der Waals surface area contributed by atoms with Gasteiger partial charge in [-0.3, -0.25) is 4.79 Å². The summed E-state index contributed by atoms with van der Waals surface area (Å²) in [6, 6.07) is 0. The molecule has 1 aliphatic heterocycles. The number of hydrogen-bond acceptors (Lipinski definition) is 2. The predicted octanol–water partition coefficient (Wildman–Crippen LogP) is 1.80. The normalized spacial score (nSPS) is 26.6. The van der Waals surface area contributed by atoms with Gasteiger partial charge in [0.05, 0.1) is 0 Å². The average molecular weight is 225 g/mol. The van der Waals surface area contributed by atoms with Gasteiger partial charge in [0.15, 0.2) is 0 Å². The Bertz CT molecular complexity index is 236. The van der Waals surface area contributed by atoms with E-state index in [2.05, 4.69) is 0 Å². The molecule has 1 heterocycles. The highest BCUT2D eigenvalue weighted by atomic mass is 16.3. The van der Waals surface area contributed by atoms with Gasteiger partial charge in [-0.1, -0.05) is 12.8 Å². The first kappa shape index (κ1) is 11.9. The molecule has 0 spiro atoms. The van der Waals surface area contributed by atoms with E-state index < -0.39 is 0 Å². The Labute approximate surface area is 97.8 Å². The van der Waals surface area contributed by atoms with Gasteiger partial charge < -0.3 is 10.0 Å². The van der Waals surface area contributed by atoms with E-state index >= 15 is 0 Å². The molecule has 1 saturated heterocycles. The van der Waals surface area contributed by atoms with Gasteiger partial charge in [0.25, 0.3) is 0 Å². The van der Waals surface area contributed by atoms with Crippen LogP contribution >= 0.6 is 0 Å². The smallest absolute Gasteiger partial charge is 0.222 e. The van der Waals surface area contributed by atoms with Gasteiger partial charge in [0.2, 0.25) is 5.91 Å². The minimum atomic E-state index is 0.259. The average Bonchev–Trinajstić information content (AvgIpc) is 2.89. The van der Waals surface area contributed by atoms with Crippen molar-refractivity contribution in [1.29, 1.82) is 0 Å². The second-order valence-corrected chi connectivity index (χ2v) is 5.36. The minimum absolute atomic E-state index is 0.259. The molecule has 1 unspecified atom stereocenters. The van der Waals surface area contributed by atoms with Crippen molar-refractivity contribution < 1.29 is 9.90 Å². The maximum absolute atomic E-state index is 12.0. The van der Waals surface area contributed by atoms with Crippen LogP contribution in [-0.2, 0) is 4.79 Å². The molecule has 1 aliphatic carbocycles. The van der Waals surface area contributed by atoms with E-state index in [9.17, 15) is 4.79 Å². The summed E-state index contributed by atoms with van der Waals surface area (Å²) in [4.78, 5) is 14.0. The number of rotatable bonds is 4. The van der Waals surface area contributed by atoms with Crippen LogP contribution in [0.25, 0.3) is 0 Å². The van der Waals surface area contributed by atoms with Crippen molar-refractivity contribution in [1.82, 2.24) is 4.90 Å². The predicted molar refractivity (Wildman–Crippen MR) is 63.0 cm³/mol. The molecule has 16 heavy (non-hydrogen) atoms. The van der Waals surface area contributed by atoms with E-state index in [-0.39, 0.29) is 6.61 Å². The monoisotopic (exact) mass is 225 g/mol. The van der Waals surface area contributed by atoms with Gasteiger partial charge >= 0.3 is 0 Å². The molecule has 2 aliphatic rings. The Hall–Kier alpha value is -0.570. The second-order valence-electron chi connectivity index (χ2n) is 5.36. The topological polar surface area (TPSA) is 40.5 Å². The Balaban J connectivity index is 1.73. The number of amides is 1. The summed E-state index contributed by atoms with van der Waals surface area (Å²) in [5.41, 5.74) is 0. The maximum atomic E-state index is 12.0. The van der Waals surface area contributed by atoms with Crippen LogP contribution in [0.15, 0.2) is 0 Å². The number of nitrogens with zero attached hydrogens (tertiary/aromatic N) is 1. The van der Waals surface area contributed by atoms with Gasteiger partial charge in [-0.05, 0) is 37.5 Å². The van der Waals surface area contributed by atoms with Gasteiger partial charge in [-0.15, -0.1) is 0 Å². The molecule has 2 rings (SSSR count). The Morgan fingerprint density at radius 3 is 2.62 bits per heavy atom. The number of carbonyl (C=O) groups excluding carboxylic acids is 1. The highest BCUT2D eigenvalue weighted by Gasteiger charge is 2.27. The zero-order chi connectivity index (χ0) is 11.4. The number of carbonyl (C=O) groups is 1. The summed E-state index contributed by atoms with van der Waals surface area (Å²) in [5.74, 6) is 1.55. The summed E-state index contributed by atoms with van der Waals surface area (Å²) in [6.45, 7) is 2.05. The lowest BCUT2D eigenvalue weighted by Crippen LogP contribution is -2.30. The molecule has 0 radical (unpaired) electrons. The van der Waals surface area contributed by atoms with Gasteiger partial charge in [-0.25, -0.2) is 0 Å². The molecule has 3 heteroatoms. The molecule has 3 nitrogen and oxygen atoms in total. The molecule has 1 N–H and O–H groups in total. The largest absolute Gasteiger partial charge is 0.396 e. The van der Waals surface area contributed by atoms with Crippen LogP contribution < -0.4 is 0 Å². The van der Waals surface area contributed by atoms with Crippen molar-refractivity contribution >= 4 is 5.91 Å². The van der Waals surface area contributed by atoms with Gasteiger partial charge in [-0.2, -0.15) is 0 Å². The fourth-order valence-electron chi connectivity index (χ4n) is 3.07.